The van der Waals surface area contributed by atoms with Gasteiger partial charge in [-0.2, -0.15) is 4.98 Å². The van der Waals surface area contributed by atoms with Gasteiger partial charge in [0.05, 0.1) is 6.33 Å². The first-order valence-corrected chi connectivity index (χ1v) is 15.4. The first-order chi connectivity index (χ1) is 20.0. The van der Waals surface area contributed by atoms with Crippen LogP contribution in [0.2, 0.25) is 0 Å². The number of anilines is 1. The summed E-state index contributed by atoms with van der Waals surface area (Å²) in [4.78, 5) is 58.4. The molecule has 0 aliphatic carbocycles. The van der Waals surface area contributed by atoms with E-state index in [2.05, 4.69) is 16.9 Å². The summed E-state index contributed by atoms with van der Waals surface area (Å²) >= 11 is 0. The van der Waals surface area contributed by atoms with E-state index in [0.717, 1.165) is 37.7 Å². The highest BCUT2D eigenvalue weighted by atomic mass is 16.6. The van der Waals surface area contributed by atoms with Gasteiger partial charge >= 0.3 is 0 Å². The summed E-state index contributed by atoms with van der Waals surface area (Å²) in [5.74, 6) is -2.14. The second-order valence-electron chi connectivity index (χ2n) is 11.6. The summed E-state index contributed by atoms with van der Waals surface area (Å²) < 4.78 is 7.85. The Balaban J connectivity index is 1.55. The van der Waals surface area contributed by atoms with Gasteiger partial charge in [-0.15, -0.1) is 0 Å². The second kappa shape index (κ2) is 15.5. The third-order valence-corrected chi connectivity index (χ3v) is 8.25. The monoisotopic (exact) mass is 589 g/mol. The van der Waals surface area contributed by atoms with E-state index in [1.54, 1.807) is 0 Å². The standard InChI is InChI=1S/C30H47N5O7/c1-4-5-6-7-8-9-10-11-12-13-14-15-16-17-22(38)35-28(40)24-27(33-29(35)31)34(19-32-24)23-18-30(41,21(3)37)26(42-23)25(39)20(2)36/h19,23,25-26,39,41H,4-18H2,1-3H3,(H2,31,33)/t23-,25?,26-,30-/m1/s1. The van der Waals surface area contributed by atoms with Gasteiger partial charge in [-0.05, 0) is 20.3 Å². The third-order valence-electron chi connectivity index (χ3n) is 8.25. The van der Waals surface area contributed by atoms with E-state index in [0.29, 0.717) is 6.42 Å². The molecule has 0 spiro atoms. The minimum atomic E-state index is -2.14. The first kappa shape index (κ1) is 33.5. The van der Waals surface area contributed by atoms with Gasteiger partial charge in [0.15, 0.2) is 28.3 Å². The lowest BCUT2D eigenvalue weighted by Crippen LogP contribution is -2.52. The number of hydrogen-bond donors (Lipinski definition) is 3. The van der Waals surface area contributed by atoms with Crippen molar-refractivity contribution in [3.8, 4) is 0 Å². The Labute approximate surface area is 246 Å². The molecule has 42 heavy (non-hydrogen) atoms. The first-order valence-electron chi connectivity index (χ1n) is 15.4. The van der Waals surface area contributed by atoms with Crippen molar-refractivity contribution in [2.24, 2.45) is 0 Å². The van der Waals surface area contributed by atoms with Crippen molar-refractivity contribution in [2.45, 2.75) is 141 Å². The predicted molar refractivity (Wildman–Crippen MR) is 158 cm³/mol. The fraction of sp³-hybridized carbons (Fsp3) is 0.733. The molecular weight excluding hydrogens is 542 g/mol. The zero-order valence-electron chi connectivity index (χ0n) is 25.2. The van der Waals surface area contributed by atoms with E-state index in [1.807, 2.05) is 0 Å². The average molecular weight is 590 g/mol. The highest BCUT2D eigenvalue weighted by Gasteiger charge is 2.55. The topological polar surface area (TPSA) is 180 Å². The largest absolute Gasteiger partial charge is 0.382 e. The quantitative estimate of drug-likeness (QED) is 0.216. The van der Waals surface area contributed by atoms with Crippen LogP contribution in [-0.2, 0) is 14.3 Å². The van der Waals surface area contributed by atoms with Crippen molar-refractivity contribution in [1.82, 2.24) is 19.1 Å². The van der Waals surface area contributed by atoms with Crippen LogP contribution in [0.1, 0.15) is 128 Å². The zero-order chi connectivity index (χ0) is 30.9. The zero-order valence-corrected chi connectivity index (χ0v) is 25.2. The van der Waals surface area contributed by atoms with Gasteiger partial charge in [-0.1, -0.05) is 84.0 Å². The molecule has 234 valence electrons. The minimum absolute atomic E-state index is 0.00336. The Kier molecular flexibility index (Phi) is 12.4. The number of ether oxygens (including phenoxy) is 1. The van der Waals surface area contributed by atoms with Crippen LogP contribution >= 0.6 is 0 Å². The van der Waals surface area contributed by atoms with Gasteiger partial charge in [-0.3, -0.25) is 23.7 Å². The molecule has 12 nitrogen and oxygen atoms in total. The lowest BCUT2D eigenvalue weighted by atomic mass is 9.86. The number of nitrogen functional groups attached to an aromatic ring is 1. The highest BCUT2D eigenvalue weighted by Crippen LogP contribution is 2.40. The van der Waals surface area contributed by atoms with Gasteiger partial charge in [0, 0.05) is 12.8 Å². The van der Waals surface area contributed by atoms with Crippen LogP contribution < -0.4 is 11.3 Å². The van der Waals surface area contributed by atoms with Crippen LogP contribution in [0.4, 0.5) is 5.95 Å². The number of nitrogens with zero attached hydrogens (tertiary/aromatic N) is 4. The number of rotatable bonds is 18. The summed E-state index contributed by atoms with van der Waals surface area (Å²) in [5.41, 5.74) is 3.03. The number of hydrogen-bond acceptors (Lipinski definition) is 10. The molecule has 1 aliphatic heterocycles. The van der Waals surface area contributed by atoms with Crippen LogP contribution in [0.15, 0.2) is 11.1 Å². The number of Topliss-reactive ketones (excluding diaryl/α,β-unsaturated/α-hetero) is 2. The molecule has 0 bridgehead atoms. The molecule has 1 saturated heterocycles. The number of imidazole rings is 1. The molecule has 1 aliphatic rings. The molecule has 2 aromatic rings. The normalized spacial score (nSPS) is 21.2. The van der Waals surface area contributed by atoms with Crippen molar-refractivity contribution in [2.75, 3.05) is 5.73 Å². The lowest BCUT2D eigenvalue weighted by Gasteiger charge is -2.27. The van der Waals surface area contributed by atoms with E-state index in [-0.39, 0.29) is 30.0 Å². The number of aliphatic hydroxyl groups excluding tert-OH is 1. The maximum Gasteiger partial charge on any atom is 0.289 e. The molecule has 1 unspecified atom stereocenters. The van der Waals surface area contributed by atoms with Crippen LogP contribution in [0.3, 0.4) is 0 Å². The van der Waals surface area contributed by atoms with Crippen molar-refractivity contribution in [3.63, 3.8) is 0 Å². The van der Waals surface area contributed by atoms with E-state index in [9.17, 15) is 29.4 Å². The van der Waals surface area contributed by atoms with Gasteiger partial charge in [0.25, 0.3) is 5.56 Å². The average Bonchev–Trinajstić information content (AvgIpc) is 3.52. The Hall–Kier alpha value is -2.96. The predicted octanol–water partition coefficient (Wildman–Crippen LogP) is 3.85. The van der Waals surface area contributed by atoms with Gasteiger partial charge in [0.1, 0.15) is 18.4 Å². The number of ketones is 2. The molecular formula is C30H47N5O7. The third kappa shape index (κ3) is 7.90. The van der Waals surface area contributed by atoms with Crippen molar-refractivity contribution >= 4 is 34.6 Å². The molecule has 0 saturated carbocycles. The molecule has 2 aromatic heterocycles. The second-order valence-corrected chi connectivity index (χ2v) is 11.6. The van der Waals surface area contributed by atoms with Crippen molar-refractivity contribution in [3.05, 3.63) is 16.7 Å². The summed E-state index contributed by atoms with van der Waals surface area (Å²) in [7, 11) is 0. The van der Waals surface area contributed by atoms with Crippen molar-refractivity contribution in [1.29, 1.82) is 0 Å². The van der Waals surface area contributed by atoms with E-state index in [1.165, 1.54) is 68.7 Å². The Bertz CT molecular complexity index is 1290. The number of aromatic nitrogens is 4. The number of aliphatic hydroxyl groups is 2. The minimum Gasteiger partial charge on any atom is -0.382 e. The Morgan fingerprint density at radius 1 is 1.02 bits per heavy atom. The maximum absolute atomic E-state index is 13.2. The Morgan fingerprint density at radius 2 is 1.57 bits per heavy atom. The maximum atomic E-state index is 13.2. The number of carbonyl (C=O) groups is 3. The fourth-order valence-corrected chi connectivity index (χ4v) is 5.61. The smallest absolute Gasteiger partial charge is 0.289 e. The van der Waals surface area contributed by atoms with Gasteiger partial charge < -0.3 is 20.7 Å². The summed E-state index contributed by atoms with van der Waals surface area (Å²) in [6.45, 7) is 4.48. The SMILES string of the molecule is CCCCCCCCCCCCCCCC(=O)n1c(N)nc2c(ncn2[C@H]2C[C@@](O)(C(C)=O)[C@@H](C(O)C(C)=O)O2)c1=O. The molecule has 0 radical (unpaired) electrons. The van der Waals surface area contributed by atoms with Crippen LogP contribution in [0, 0.1) is 0 Å². The van der Waals surface area contributed by atoms with E-state index < -0.39 is 47.1 Å². The fourth-order valence-electron chi connectivity index (χ4n) is 5.61. The lowest BCUT2D eigenvalue weighted by molar-refractivity contribution is -0.158. The van der Waals surface area contributed by atoms with Gasteiger partial charge in [0.2, 0.25) is 11.9 Å². The van der Waals surface area contributed by atoms with Crippen LogP contribution in [0.25, 0.3) is 11.2 Å². The van der Waals surface area contributed by atoms with E-state index >= 15 is 0 Å². The summed E-state index contributed by atoms with van der Waals surface area (Å²) in [5, 5.41) is 21.2. The van der Waals surface area contributed by atoms with Gasteiger partial charge in [-0.25, -0.2) is 9.55 Å². The molecule has 3 rings (SSSR count). The summed E-state index contributed by atoms with van der Waals surface area (Å²) in [6.07, 6.45) is 12.1. The molecule has 0 aromatic carbocycles. The molecule has 0 amide bonds. The molecule has 4 N–H and O–H groups in total. The number of unbranched alkanes of at least 4 members (excludes halogenated alkanes) is 12. The number of nitrogens with two attached hydrogens (primary N) is 1. The summed E-state index contributed by atoms with van der Waals surface area (Å²) in [6, 6.07) is 0. The molecule has 1 fully saturated rings. The molecule has 4 atom stereocenters. The number of fused-ring (bicyclic) bond motifs is 1. The van der Waals surface area contributed by atoms with Crippen LogP contribution in [-0.4, -0.2) is 64.6 Å². The van der Waals surface area contributed by atoms with Crippen molar-refractivity contribution < 1.29 is 29.3 Å². The Morgan fingerprint density at radius 3 is 2.10 bits per heavy atom. The number of carbonyl (C=O) groups excluding carboxylic acids is 3. The highest BCUT2D eigenvalue weighted by molar-refractivity contribution is 5.89. The molecule has 12 heteroatoms. The van der Waals surface area contributed by atoms with E-state index in [4.69, 9.17) is 10.5 Å². The van der Waals surface area contributed by atoms with Crippen LogP contribution in [0.5, 0.6) is 0 Å². The molecule has 3 heterocycles.